The highest BCUT2D eigenvalue weighted by atomic mass is 16.5. The molecule has 0 atom stereocenters. The smallest absolute Gasteiger partial charge is 0.0598 e. The van der Waals surface area contributed by atoms with Crippen molar-refractivity contribution in [2.24, 2.45) is 0 Å². The fourth-order valence-electron chi connectivity index (χ4n) is 2.70. The third kappa shape index (κ3) is 2.29. The summed E-state index contributed by atoms with van der Waals surface area (Å²) in [6.45, 7) is 2.61. The number of hydrogen-bond donors (Lipinski definition) is 1. The molecular weight excluding hydrogens is 234 g/mol. The molecule has 0 amide bonds. The molecular formula is C17H19NO. The van der Waals surface area contributed by atoms with E-state index in [0.717, 1.165) is 19.8 Å². The lowest BCUT2D eigenvalue weighted by Crippen LogP contribution is -2.52. The lowest BCUT2D eigenvalue weighted by molar-refractivity contribution is -0.0582. The number of hydrogen-bond acceptors (Lipinski definition) is 2. The summed E-state index contributed by atoms with van der Waals surface area (Å²) in [5, 5.41) is 3.28. The van der Waals surface area contributed by atoms with Gasteiger partial charge in [0, 0.05) is 6.54 Å². The van der Waals surface area contributed by atoms with Gasteiger partial charge in [0.05, 0.1) is 18.6 Å². The van der Waals surface area contributed by atoms with E-state index in [1.54, 1.807) is 0 Å². The molecule has 0 aromatic heterocycles. The highest BCUT2D eigenvalue weighted by Crippen LogP contribution is 2.33. The molecule has 2 aromatic rings. The van der Waals surface area contributed by atoms with Crippen LogP contribution in [0.3, 0.4) is 0 Å². The van der Waals surface area contributed by atoms with Crippen LogP contribution in [-0.4, -0.2) is 26.8 Å². The van der Waals surface area contributed by atoms with Crippen LogP contribution in [-0.2, 0) is 10.2 Å². The SMILES string of the molecule is CNCC1(c2ccc(-c3ccccc3)cc2)COC1. The standard InChI is InChI=1S/C17H19NO/c1-18-11-17(12-19-13-17)16-9-7-15(8-10-16)14-5-3-2-4-6-14/h2-10,18H,11-13H2,1H3. The zero-order valence-corrected chi connectivity index (χ0v) is 11.2. The van der Waals surface area contributed by atoms with E-state index in [1.807, 2.05) is 13.1 Å². The molecule has 1 N–H and O–H groups in total. The third-order valence-electron chi connectivity index (χ3n) is 3.88. The maximum atomic E-state index is 5.42. The Morgan fingerprint density at radius 1 is 0.947 bits per heavy atom. The van der Waals surface area contributed by atoms with Crippen molar-refractivity contribution in [2.75, 3.05) is 26.8 Å². The first-order chi connectivity index (χ1) is 9.34. The summed E-state index contributed by atoms with van der Waals surface area (Å²) < 4.78 is 5.42. The van der Waals surface area contributed by atoms with E-state index < -0.39 is 0 Å². The van der Waals surface area contributed by atoms with Crippen LogP contribution in [0, 0.1) is 0 Å². The molecule has 98 valence electrons. The largest absolute Gasteiger partial charge is 0.379 e. The van der Waals surface area contributed by atoms with Crippen molar-refractivity contribution in [2.45, 2.75) is 5.41 Å². The third-order valence-corrected chi connectivity index (χ3v) is 3.88. The van der Waals surface area contributed by atoms with E-state index in [-0.39, 0.29) is 5.41 Å². The minimum atomic E-state index is 0.171. The van der Waals surface area contributed by atoms with Crippen LogP contribution in [0.25, 0.3) is 11.1 Å². The van der Waals surface area contributed by atoms with E-state index in [1.165, 1.54) is 16.7 Å². The molecule has 2 aromatic carbocycles. The summed E-state index contributed by atoms with van der Waals surface area (Å²) in [5.41, 5.74) is 4.07. The van der Waals surface area contributed by atoms with Gasteiger partial charge in [-0.3, -0.25) is 0 Å². The van der Waals surface area contributed by atoms with Crippen molar-refractivity contribution in [3.05, 3.63) is 60.2 Å². The number of ether oxygens (including phenoxy) is 1. The maximum Gasteiger partial charge on any atom is 0.0598 e. The summed E-state index contributed by atoms with van der Waals surface area (Å²) in [4.78, 5) is 0. The molecule has 0 bridgehead atoms. The Bertz CT molecular complexity index is 529. The molecule has 1 aliphatic rings. The summed E-state index contributed by atoms with van der Waals surface area (Å²) in [6.07, 6.45) is 0. The first-order valence-electron chi connectivity index (χ1n) is 6.72. The van der Waals surface area contributed by atoms with Gasteiger partial charge in [0.2, 0.25) is 0 Å². The Balaban J connectivity index is 1.87. The van der Waals surface area contributed by atoms with Crippen LogP contribution in [0.4, 0.5) is 0 Å². The Hall–Kier alpha value is -1.64. The van der Waals surface area contributed by atoms with Gasteiger partial charge in [-0.2, -0.15) is 0 Å². The van der Waals surface area contributed by atoms with E-state index in [4.69, 9.17) is 4.74 Å². The molecule has 0 aliphatic carbocycles. The summed E-state index contributed by atoms with van der Waals surface area (Å²) in [7, 11) is 2.00. The molecule has 1 heterocycles. The molecule has 2 nitrogen and oxygen atoms in total. The van der Waals surface area contributed by atoms with E-state index >= 15 is 0 Å². The van der Waals surface area contributed by atoms with Gasteiger partial charge in [-0.05, 0) is 23.7 Å². The Labute approximate surface area is 114 Å². The molecule has 0 radical (unpaired) electrons. The van der Waals surface area contributed by atoms with Crippen LogP contribution < -0.4 is 5.32 Å². The normalized spacial score (nSPS) is 16.9. The zero-order valence-electron chi connectivity index (χ0n) is 11.2. The minimum Gasteiger partial charge on any atom is -0.379 e. The van der Waals surface area contributed by atoms with Crippen molar-refractivity contribution < 1.29 is 4.74 Å². The second kappa shape index (κ2) is 5.16. The van der Waals surface area contributed by atoms with E-state index in [0.29, 0.717) is 0 Å². The van der Waals surface area contributed by atoms with E-state index in [9.17, 15) is 0 Å². The molecule has 1 fully saturated rings. The lowest BCUT2D eigenvalue weighted by atomic mass is 9.78. The molecule has 0 spiro atoms. The average molecular weight is 253 g/mol. The highest BCUT2D eigenvalue weighted by Gasteiger charge is 2.39. The molecule has 0 saturated carbocycles. The van der Waals surface area contributed by atoms with Gasteiger partial charge in [0.25, 0.3) is 0 Å². The highest BCUT2D eigenvalue weighted by molar-refractivity contribution is 5.63. The fourth-order valence-corrected chi connectivity index (χ4v) is 2.70. The predicted octanol–water partition coefficient (Wildman–Crippen LogP) is 2.84. The van der Waals surface area contributed by atoms with Gasteiger partial charge in [0.15, 0.2) is 0 Å². The van der Waals surface area contributed by atoms with Crippen LogP contribution in [0.5, 0.6) is 0 Å². The molecule has 1 saturated heterocycles. The predicted molar refractivity (Wildman–Crippen MR) is 78.3 cm³/mol. The fraction of sp³-hybridized carbons (Fsp3) is 0.294. The second-order valence-electron chi connectivity index (χ2n) is 5.25. The number of rotatable bonds is 4. The Kier molecular flexibility index (Phi) is 3.36. The van der Waals surface area contributed by atoms with Crippen molar-refractivity contribution in [3.8, 4) is 11.1 Å². The molecule has 0 unspecified atom stereocenters. The molecule has 1 aliphatic heterocycles. The Morgan fingerprint density at radius 2 is 1.58 bits per heavy atom. The number of nitrogens with one attached hydrogen (secondary N) is 1. The monoisotopic (exact) mass is 253 g/mol. The van der Waals surface area contributed by atoms with Gasteiger partial charge in [0.1, 0.15) is 0 Å². The first kappa shape index (κ1) is 12.4. The minimum absolute atomic E-state index is 0.171. The van der Waals surface area contributed by atoms with Crippen LogP contribution >= 0.6 is 0 Å². The second-order valence-corrected chi connectivity index (χ2v) is 5.25. The van der Waals surface area contributed by atoms with Gasteiger partial charge in [-0.1, -0.05) is 54.6 Å². The quantitative estimate of drug-likeness (QED) is 0.904. The van der Waals surface area contributed by atoms with Crippen molar-refractivity contribution in [1.82, 2.24) is 5.32 Å². The average Bonchev–Trinajstić information content (AvgIpc) is 2.44. The van der Waals surface area contributed by atoms with Crippen LogP contribution in [0.2, 0.25) is 0 Å². The van der Waals surface area contributed by atoms with Crippen molar-refractivity contribution >= 4 is 0 Å². The van der Waals surface area contributed by atoms with Crippen LogP contribution in [0.15, 0.2) is 54.6 Å². The summed E-state index contributed by atoms with van der Waals surface area (Å²) in [6, 6.07) is 19.4. The van der Waals surface area contributed by atoms with Crippen molar-refractivity contribution in [3.63, 3.8) is 0 Å². The number of likely N-dealkylation sites (N-methyl/N-ethyl adjacent to an activating group) is 1. The first-order valence-corrected chi connectivity index (χ1v) is 6.72. The summed E-state index contributed by atoms with van der Waals surface area (Å²) >= 11 is 0. The Morgan fingerprint density at radius 3 is 2.11 bits per heavy atom. The molecule has 2 heteroatoms. The molecule has 3 rings (SSSR count). The lowest BCUT2D eigenvalue weighted by Gasteiger charge is -2.42. The molecule has 19 heavy (non-hydrogen) atoms. The van der Waals surface area contributed by atoms with E-state index in [2.05, 4.69) is 53.8 Å². The van der Waals surface area contributed by atoms with Crippen molar-refractivity contribution in [1.29, 1.82) is 0 Å². The summed E-state index contributed by atoms with van der Waals surface area (Å²) in [5.74, 6) is 0. The number of benzene rings is 2. The van der Waals surface area contributed by atoms with Gasteiger partial charge >= 0.3 is 0 Å². The van der Waals surface area contributed by atoms with Gasteiger partial charge in [-0.25, -0.2) is 0 Å². The topological polar surface area (TPSA) is 21.3 Å². The van der Waals surface area contributed by atoms with Crippen LogP contribution in [0.1, 0.15) is 5.56 Å². The van der Waals surface area contributed by atoms with Gasteiger partial charge in [-0.15, -0.1) is 0 Å². The maximum absolute atomic E-state index is 5.42. The van der Waals surface area contributed by atoms with Gasteiger partial charge < -0.3 is 10.1 Å². The zero-order chi connectivity index (χ0) is 13.1.